The van der Waals surface area contributed by atoms with Crippen LogP contribution < -0.4 is 10.6 Å². The van der Waals surface area contributed by atoms with Crippen LogP contribution in [0.3, 0.4) is 0 Å². The van der Waals surface area contributed by atoms with E-state index in [1.165, 1.54) is 11.1 Å². The predicted octanol–water partition coefficient (Wildman–Crippen LogP) is 4.30. The van der Waals surface area contributed by atoms with Gasteiger partial charge in [-0.05, 0) is 36.2 Å². The second-order valence-electron chi connectivity index (χ2n) is 5.08. The van der Waals surface area contributed by atoms with E-state index in [1.807, 2.05) is 36.4 Å². The minimum atomic E-state index is 0.456. The number of nitrogens with one attached hydrogen (secondary N) is 2. The maximum Gasteiger partial charge on any atom is 0.249 e. The van der Waals surface area contributed by atoms with Crippen molar-refractivity contribution >= 4 is 33.4 Å². The Morgan fingerprint density at radius 1 is 1.09 bits per heavy atom. The molecule has 1 heterocycles. The zero-order chi connectivity index (χ0) is 16.1. The third kappa shape index (κ3) is 4.26. The molecule has 5 nitrogen and oxygen atoms in total. The molecule has 3 aromatic rings. The highest BCUT2D eigenvalue weighted by Gasteiger charge is 2.03. The first-order valence-corrected chi connectivity index (χ1v) is 8.01. The molecule has 0 atom stereocenters. The number of benzene rings is 2. The van der Waals surface area contributed by atoms with Crippen molar-refractivity contribution in [2.45, 2.75) is 13.5 Å². The van der Waals surface area contributed by atoms with E-state index in [0.717, 1.165) is 10.2 Å². The molecule has 0 bridgehead atoms. The van der Waals surface area contributed by atoms with Gasteiger partial charge in [0, 0.05) is 16.7 Å². The fourth-order valence-corrected chi connectivity index (χ4v) is 2.53. The summed E-state index contributed by atoms with van der Waals surface area (Å²) in [7, 11) is 0. The van der Waals surface area contributed by atoms with Crippen LogP contribution in [0.15, 0.2) is 59.2 Å². The lowest BCUT2D eigenvalue weighted by atomic mass is 10.1. The lowest BCUT2D eigenvalue weighted by molar-refractivity contribution is 0.964. The van der Waals surface area contributed by atoms with Crippen LogP contribution in [-0.4, -0.2) is 15.2 Å². The summed E-state index contributed by atoms with van der Waals surface area (Å²) >= 11 is 3.44. The van der Waals surface area contributed by atoms with Crippen LogP contribution in [0.1, 0.15) is 11.1 Å². The Morgan fingerprint density at radius 3 is 2.78 bits per heavy atom. The summed E-state index contributed by atoms with van der Waals surface area (Å²) in [4.78, 5) is 4.43. The van der Waals surface area contributed by atoms with Crippen molar-refractivity contribution < 1.29 is 0 Å². The highest BCUT2D eigenvalue weighted by atomic mass is 79.9. The van der Waals surface area contributed by atoms with Gasteiger partial charge >= 0.3 is 0 Å². The van der Waals surface area contributed by atoms with Crippen molar-refractivity contribution in [1.29, 1.82) is 0 Å². The minimum Gasteiger partial charge on any atom is -0.365 e. The SMILES string of the molecule is Cc1ccccc1CNc1cnnc(Nc2cccc(Br)c2)n1. The standard InChI is InChI=1S/C17H16BrN5/c1-12-5-2-3-6-13(12)10-19-16-11-20-23-17(22-16)21-15-8-4-7-14(18)9-15/h2-9,11H,10H2,1H3,(H2,19,21,22,23). The van der Waals surface area contributed by atoms with Gasteiger partial charge in [-0.3, -0.25) is 0 Å². The number of nitrogens with zero attached hydrogens (tertiary/aromatic N) is 3. The lowest BCUT2D eigenvalue weighted by Crippen LogP contribution is -2.06. The first kappa shape index (κ1) is 15.4. The van der Waals surface area contributed by atoms with Crippen LogP contribution in [0, 0.1) is 6.92 Å². The Hall–Kier alpha value is -2.47. The molecule has 0 radical (unpaired) electrons. The summed E-state index contributed by atoms with van der Waals surface area (Å²) in [6.45, 7) is 2.79. The van der Waals surface area contributed by atoms with Gasteiger partial charge in [0.25, 0.3) is 0 Å². The maximum absolute atomic E-state index is 4.43. The molecule has 6 heteroatoms. The molecule has 0 saturated heterocycles. The number of anilines is 3. The fraction of sp³-hybridized carbons (Fsp3) is 0.118. The molecular weight excluding hydrogens is 354 g/mol. The summed E-state index contributed by atoms with van der Waals surface area (Å²) in [5, 5.41) is 14.4. The van der Waals surface area contributed by atoms with Crippen molar-refractivity contribution in [1.82, 2.24) is 15.2 Å². The van der Waals surface area contributed by atoms with Gasteiger partial charge < -0.3 is 10.6 Å². The Balaban J connectivity index is 1.69. The average Bonchev–Trinajstić information content (AvgIpc) is 2.54. The highest BCUT2D eigenvalue weighted by Crippen LogP contribution is 2.18. The largest absolute Gasteiger partial charge is 0.365 e. The second-order valence-corrected chi connectivity index (χ2v) is 6.00. The monoisotopic (exact) mass is 369 g/mol. The molecule has 0 unspecified atom stereocenters. The summed E-state index contributed by atoms with van der Waals surface area (Å²) in [6.07, 6.45) is 1.62. The lowest BCUT2D eigenvalue weighted by Gasteiger charge is -2.09. The fourth-order valence-electron chi connectivity index (χ4n) is 2.13. The van der Waals surface area contributed by atoms with Crippen LogP contribution in [0.2, 0.25) is 0 Å². The zero-order valence-corrected chi connectivity index (χ0v) is 14.2. The molecule has 0 fully saturated rings. The van der Waals surface area contributed by atoms with Gasteiger partial charge in [0.05, 0.1) is 6.20 Å². The molecule has 0 amide bonds. The summed E-state index contributed by atoms with van der Waals surface area (Å²) in [5.74, 6) is 1.14. The molecule has 23 heavy (non-hydrogen) atoms. The molecule has 1 aromatic heterocycles. The molecular formula is C17H16BrN5. The number of aryl methyl sites for hydroxylation is 1. The number of hydrogen-bond donors (Lipinski definition) is 2. The third-order valence-corrected chi connectivity index (χ3v) is 3.85. The van der Waals surface area contributed by atoms with Crippen LogP contribution in [0.25, 0.3) is 0 Å². The topological polar surface area (TPSA) is 62.7 Å². The third-order valence-electron chi connectivity index (χ3n) is 3.36. The van der Waals surface area contributed by atoms with E-state index in [-0.39, 0.29) is 0 Å². The van der Waals surface area contributed by atoms with Gasteiger partial charge in [0.1, 0.15) is 0 Å². The van der Waals surface area contributed by atoms with Crippen molar-refractivity contribution in [3.63, 3.8) is 0 Å². The van der Waals surface area contributed by atoms with E-state index in [2.05, 4.69) is 60.8 Å². The van der Waals surface area contributed by atoms with Crippen molar-refractivity contribution in [2.24, 2.45) is 0 Å². The maximum atomic E-state index is 4.43. The van der Waals surface area contributed by atoms with Gasteiger partial charge in [-0.25, -0.2) is 0 Å². The average molecular weight is 370 g/mol. The minimum absolute atomic E-state index is 0.456. The molecule has 0 saturated carbocycles. The first-order valence-electron chi connectivity index (χ1n) is 7.21. The van der Waals surface area contributed by atoms with Crippen molar-refractivity contribution in [3.8, 4) is 0 Å². The molecule has 2 aromatic carbocycles. The summed E-state index contributed by atoms with van der Waals surface area (Å²) in [6, 6.07) is 16.1. The Morgan fingerprint density at radius 2 is 1.96 bits per heavy atom. The normalized spacial score (nSPS) is 10.3. The van der Waals surface area contributed by atoms with E-state index in [4.69, 9.17) is 0 Å². The number of hydrogen-bond acceptors (Lipinski definition) is 5. The van der Waals surface area contributed by atoms with Crippen LogP contribution >= 0.6 is 15.9 Å². The molecule has 0 aliphatic heterocycles. The van der Waals surface area contributed by atoms with E-state index in [0.29, 0.717) is 18.3 Å². The van der Waals surface area contributed by atoms with Gasteiger partial charge in [-0.2, -0.15) is 10.1 Å². The molecule has 0 aliphatic rings. The molecule has 0 spiro atoms. The van der Waals surface area contributed by atoms with Gasteiger partial charge in [0.2, 0.25) is 5.95 Å². The Labute approximate surface area is 143 Å². The smallest absolute Gasteiger partial charge is 0.249 e. The van der Waals surface area contributed by atoms with E-state index < -0.39 is 0 Å². The molecule has 116 valence electrons. The number of aromatic nitrogens is 3. The van der Waals surface area contributed by atoms with Crippen LogP contribution in [0.4, 0.5) is 17.5 Å². The number of rotatable bonds is 5. The quantitative estimate of drug-likeness (QED) is 0.701. The molecule has 2 N–H and O–H groups in total. The summed E-state index contributed by atoms with van der Waals surface area (Å²) in [5.41, 5.74) is 3.37. The summed E-state index contributed by atoms with van der Waals surface area (Å²) < 4.78 is 0.990. The predicted molar refractivity (Wildman–Crippen MR) is 95.8 cm³/mol. The van der Waals surface area contributed by atoms with Gasteiger partial charge in [0.15, 0.2) is 5.82 Å². The van der Waals surface area contributed by atoms with E-state index in [9.17, 15) is 0 Å². The highest BCUT2D eigenvalue weighted by molar-refractivity contribution is 9.10. The second kappa shape index (κ2) is 7.19. The molecule has 0 aliphatic carbocycles. The van der Waals surface area contributed by atoms with Gasteiger partial charge in [-0.1, -0.05) is 46.3 Å². The Kier molecular flexibility index (Phi) is 4.83. The Bertz CT molecular complexity index is 806. The molecule has 3 rings (SSSR count). The number of halogens is 1. The van der Waals surface area contributed by atoms with Crippen molar-refractivity contribution in [3.05, 3.63) is 70.3 Å². The first-order chi connectivity index (χ1) is 11.2. The zero-order valence-electron chi connectivity index (χ0n) is 12.6. The van der Waals surface area contributed by atoms with Crippen LogP contribution in [-0.2, 0) is 6.54 Å². The van der Waals surface area contributed by atoms with E-state index in [1.54, 1.807) is 6.20 Å². The van der Waals surface area contributed by atoms with Gasteiger partial charge in [-0.15, -0.1) is 5.10 Å². The van der Waals surface area contributed by atoms with E-state index >= 15 is 0 Å². The van der Waals surface area contributed by atoms with Crippen molar-refractivity contribution in [2.75, 3.05) is 10.6 Å². The van der Waals surface area contributed by atoms with Crippen LogP contribution in [0.5, 0.6) is 0 Å².